The van der Waals surface area contributed by atoms with Gasteiger partial charge in [-0.15, -0.1) is 5.10 Å². The summed E-state index contributed by atoms with van der Waals surface area (Å²) in [6.07, 6.45) is 1.48. The van der Waals surface area contributed by atoms with Crippen molar-refractivity contribution in [2.24, 2.45) is 5.73 Å². The van der Waals surface area contributed by atoms with Crippen LogP contribution in [0.25, 0.3) is 5.69 Å². The molecule has 1 heterocycles. The maximum Gasteiger partial charge on any atom is 0.255 e. The van der Waals surface area contributed by atoms with E-state index in [4.69, 9.17) is 5.73 Å². The molecule has 0 fully saturated rings. The Bertz CT molecular complexity index is 905. The minimum Gasteiger partial charge on any atom is -0.366 e. The zero-order valence-corrected chi connectivity index (χ0v) is 12.8. The van der Waals surface area contributed by atoms with Crippen molar-refractivity contribution in [1.82, 2.24) is 20.2 Å². The summed E-state index contributed by atoms with van der Waals surface area (Å²) in [7, 11) is 0. The zero-order chi connectivity index (χ0) is 17.1. The van der Waals surface area contributed by atoms with Crippen molar-refractivity contribution in [2.75, 3.05) is 5.32 Å². The molecule has 0 bridgehead atoms. The van der Waals surface area contributed by atoms with E-state index in [2.05, 4.69) is 20.8 Å². The molecule has 3 N–H and O–H groups in total. The molecule has 0 radical (unpaired) electrons. The van der Waals surface area contributed by atoms with Gasteiger partial charge in [-0.3, -0.25) is 9.59 Å². The number of primary amides is 1. The van der Waals surface area contributed by atoms with Crippen molar-refractivity contribution in [3.63, 3.8) is 0 Å². The third-order valence-corrected chi connectivity index (χ3v) is 3.47. The quantitative estimate of drug-likeness (QED) is 0.751. The summed E-state index contributed by atoms with van der Waals surface area (Å²) in [5.74, 6) is -0.925. The SMILES string of the molecule is Cc1ccc(NC(=O)c2cccc(C(N)=O)c2)cc1-n1cnnn1. The highest BCUT2D eigenvalue weighted by Gasteiger charge is 2.10. The van der Waals surface area contributed by atoms with Crippen molar-refractivity contribution in [3.05, 3.63) is 65.5 Å². The molecule has 24 heavy (non-hydrogen) atoms. The van der Waals surface area contributed by atoms with E-state index in [1.165, 1.54) is 17.1 Å². The molecule has 0 saturated carbocycles. The lowest BCUT2D eigenvalue weighted by Gasteiger charge is -2.10. The number of tetrazole rings is 1. The Morgan fingerprint density at radius 3 is 2.62 bits per heavy atom. The highest BCUT2D eigenvalue weighted by Crippen LogP contribution is 2.19. The van der Waals surface area contributed by atoms with E-state index in [9.17, 15) is 9.59 Å². The van der Waals surface area contributed by atoms with Crippen LogP contribution in [0.3, 0.4) is 0 Å². The van der Waals surface area contributed by atoms with Crippen LogP contribution in [0.5, 0.6) is 0 Å². The van der Waals surface area contributed by atoms with E-state index in [0.717, 1.165) is 11.3 Å². The Morgan fingerprint density at radius 1 is 1.12 bits per heavy atom. The van der Waals surface area contributed by atoms with Gasteiger partial charge < -0.3 is 11.1 Å². The lowest BCUT2D eigenvalue weighted by molar-refractivity contribution is 0.1000. The summed E-state index contributed by atoms with van der Waals surface area (Å²) in [6.45, 7) is 1.92. The number of carbonyl (C=O) groups excluding carboxylic acids is 2. The van der Waals surface area contributed by atoms with Gasteiger partial charge >= 0.3 is 0 Å². The number of carbonyl (C=O) groups is 2. The summed E-state index contributed by atoms with van der Waals surface area (Å²) in [4.78, 5) is 23.6. The fourth-order valence-corrected chi connectivity index (χ4v) is 2.22. The average Bonchev–Trinajstić information content (AvgIpc) is 3.11. The fourth-order valence-electron chi connectivity index (χ4n) is 2.22. The smallest absolute Gasteiger partial charge is 0.255 e. The maximum atomic E-state index is 12.4. The molecule has 0 atom stereocenters. The van der Waals surface area contributed by atoms with Crippen LogP contribution >= 0.6 is 0 Å². The van der Waals surface area contributed by atoms with Crippen LogP contribution in [0.2, 0.25) is 0 Å². The molecule has 8 nitrogen and oxygen atoms in total. The molecule has 1 aromatic heterocycles. The van der Waals surface area contributed by atoms with Gasteiger partial charge in [0, 0.05) is 16.8 Å². The monoisotopic (exact) mass is 322 g/mol. The number of rotatable bonds is 4. The van der Waals surface area contributed by atoms with Gasteiger partial charge in [-0.25, -0.2) is 4.68 Å². The van der Waals surface area contributed by atoms with Gasteiger partial charge in [-0.2, -0.15) is 0 Å². The molecule has 0 aliphatic heterocycles. The molecular weight excluding hydrogens is 308 g/mol. The minimum absolute atomic E-state index is 0.279. The Kier molecular flexibility index (Phi) is 4.02. The number of benzene rings is 2. The molecular formula is C16H14N6O2. The third-order valence-electron chi connectivity index (χ3n) is 3.47. The first-order chi connectivity index (χ1) is 11.5. The van der Waals surface area contributed by atoms with Crippen LogP contribution in [0.4, 0.5) is 5.69 Å². The predicted octanol–water partition coefficient (Wildman–Crippen LogP) is 1.32. The number of nitrogens with one attached hydrogen (secondary N) is 1. The van der Waals surface area contributed by atoms with E-state index in [1.54, 1.807) is 30.3 Å². The van der Waals surface area contributed by atoms with Gasteiger partial charge in [0.1, 0.15) is 6.33 Å². The molecule has 0 aliphatic rings. The first kappa shape index (κ1) is 15.3. The Balaban J connectivity index is 1.86. The van der Waals surface area contributed by atoms with E-state index < -0.39 is 5.91 Å². The molecule has 0 saturated heterocycles. The van der Waals surface area contributed by atoms with E-state index >= 15 is 0 Å². The number of aromatic nitrogens is 4. The number of amides is 2. The maximum absolute atomic E-state index is 12.4. The summed E-state index contributed by atoms with van der Waals surface area (Å²) < 4.78 is 1.51. The van der Waals surface area contributed by atoms with E-state index in [1.807, 2.05) is 13.0 Å². The van der Waals surface area contributed by atoms with Crippen LogP contribution in [-0.4, -0.2) is 32.0 Å². The lowest BCUT2D eigenvalue weighted by atomic mass is 10.1. The average molecular weight is 322 g/mol. The minimum atomic E-state index is -0.582. The van der Waals surface area contributed by atoms with Crippen molar-refractivity contribution in [3.8, 4) is 5.69 Å². The second-order valence-electron chi connectivity index (χ2n) is 5.15. The Morgan fingerprint density at radius 2 is 1.92 bits per heavy atom. The van der Waals surface area contributed by atoms with Crippen molar-refractivity contribution >= 4 is 17.5 Å². The molecule has 2 aromatic carbocycles. The van der Waals surface area contributed by atoms with Crippen molar-refractivity contribution < 1.29 is 9.59 Å². The van der Waals surface area contributed by atoms with Crippen LogP contribution in [0.15, 0.2) is 48.8 Å². The number of hydrogen-bond donors (Lipinski definition) is 2. The number of nitrogens with two attached hydrogens (primary N) is 1. The van der Waals surface area contributed by atoms with Gasteiger partial charge in [0.2, 0.25) is 5.91 Å². The highest BCUT2D eigenvalue weighted by molar-refractivity contribution is 6.06. The van der Waals surface area contributed by atoms with Gasteiger partial charge in [-0.1, -0.05) is 12.1 Å². The molecule has 3 rings (SSSR count). The lowest BCUT2D eigenvalue weighted by Crippen LogP contribution is -2.15. The molecule has 120 valence electrons. The van der Waals surface area contributed by atoms with Crippen molar-refractivity contribution in [2.45, 2.75) is 6.92 Å². The first-order valence-electron chi connectivity index (χ1n) is 7.10. The summed E-state index contributed by atoms with van der Waals surface area (Å²) in [6, 6.07) is 11.6. The van der Waals surface area contributed by atoms with Gasteiger partial charge in [0.15, 0.2) is 0 Å². The largest absolute Gasteiger partial charge is 0.366 e. The summed E-state index contributed by atoms with van der Waals surface area (Å²) in [5.41, 5.74) is 8.15. The van der Waals surface area contributed by atoms with E-state index in [-0.39, 0.29) is 11.5 Å². The Hall–Kier alpha value is -3.55. The standard InChI is InChI=1S/C16H14N6O2/c1-10-5-6-13(8-14(10)22-9-18-20-21-22)19-16(24)12-4-2-3-11(7-12)15(17)23/h2-9H,1H3,(H2,17,23)(H,19,24). The number of aryl methyl sites for hydroxylation is 1. The predicted molar refractivity (Wildman–Crippen MR) is 86.8 cm³/mol. The van der Waals surface area contributed by atoms with Gasteiger partial charge in [0.25, 0.3) is 5.91 Å². The number of nitrogens with zero attached hydrogens (tertiary/aromatic N) is 4. The topological polar surface area (TPSA) is 116 Å². The summed E-state index contributed by atoms with van der Waals surface area (Å²) >= 11 is 0. The second kappa shape index (κ2) is 6.29. The Labute approximate surface area is 137 Å². The third kappa shape index (κ3) is 3.12. The molecule has 3 aromatic rings. The molecule has 2 amide bonds. The van der Waals surface area contributed by atoms with Crippen LogP contribution in [0, 0.1) is 6.92 Å². The molecule has 0 unspecified atom stereocenters. The fraction of sp³-hybridized carbons (Fsp3) is 0.0625. The van der Waals surface area contributed by atoms with E-state index in [0.29, 0.717) is 11.3 Å². The first-order valence-corrected chi connectivity index (χ1v) is 7.10. The second-order valence-corrected chi connectivity index (χ2v) is 5.15. The van der Waals surface area contributed by atoms with Crippen LogP contribution in [-0.2, 0) is 0 Å². The van der Waals surface area contributed by atoms with Gasteiger partial charge in [-0.05, 0) is 53.2 Å². The summed E-state index contributed by atoms with van der Waals surface area (Å²) in [5, 5.41) is 13.8. The molecule has 8 heteroatoms. The molecule has 0 spiro atoms. The van der Waals surface area contributed by atoms with Gasteiger partial charge in [0.05, 0.1) is 5.69 Å². The van der Waals surface area contributed by atoms with Crippen molar-refractivity contribution in [1.29, 1.82) is 0 Å². The number of anilines is 1. The van der Waals surface area contributed by atoms with Crippen LogP contribution < -0.4 is 11.1 Å². The zero-order valence-electron chi connectivity index (χ0n) is 12.8. The normalized spacial score (nSPS) is 10.4. The van der Waals surface area contributed by atoms with Crippen LogP contribution in [0.1, 0.15) is 26.3 Å². The highest BCUT2D eigenvalue weighted by atomic mass is 16.2. The molecule has 0 aliphatic carbocycles. The number of hydrogen-bond acceptors (Lipinski definition) is 5.